The molecule has 96 valence electrons. The molecule has 2 N–H and O–H groups in total. The number of aromatic nitrogens is 4. The van der Waals surface area contributed by atoms with Crippen LogP contribution in [0.15, 0.2) is 40.7 Å². The van der Waals surface area contributed by atoms with E-state index in [9.17, 15) is 4.79 Å². The minimum Gasteiger partial charge on any atom is -0.355 e. The van der Waals surface area contributed by atoms with E-state index in [1.54, 1.807) is 6.20 Å². The van der Waals surface area contributed by atoms with E-state index in [4.69, 9.17) is 0 Å². The summed E-state index contributed by atoms with van der Waals surface area (Å²) >= 11 is 1.42. The van der Waals surface area contributed by atoms with E-state index in [2.05, 4.69) is 19.9 Å². The molecule has 0 bridgehead atoms. The molecule has 0 saturated carbocycles. The highest BCUT2D eigenvalue weighted by Gasteiger charge is 2.10. The molecule has 0 aliphatic rings. The van der Waals surface area contributed by atoms with E-state index < -0.39 is 0 Å². The van der Waals surface area contributed by atoms with Crippen LogP contribution in [-0.4, -0.2) is 26.2 Å². The standard InChI is InChI=1S/C13H12N4OS/c1-19-13-16-10-9(5-8-3-2-4-14-6-8)7-15-11(10)12(18)17-13/h2-4,6-7,15H,5H2,1H3,(H,16,17,18)/i13+2. The van der Waals surface area contributed by atoms with Crippen molar-refractivity contribution in [3.63, 3.8) is 0 Å². The Labute approximate surface area is 113 Å². The number of hydrogen-bond acceptors (Lipinski definition) is 4. The molecule has 0 radical (unpaired) electrons. The van der Waals surface area contributed by atoms with Crippen molar-refractivity contribution in [1.29, 1.82) is 0 Å². The van der Waals surface area contributed by atoms with E-state index in [0.29, 0.717) is 17.1 Å². The third-order valence-corrected chi connectivity index (χ3v) is 3.48. The summed E-state index contributed by atoms with van der Waals surface area (Å²) < 4.78 is 0. The Balaban J connectivity index is 2.10. The Morgan fingerprint density at radius 3 is 3.11 bits per heavy atom. The second-order valence-corrected chi connectivity index (χ2v) is 4.95. The molecule has 3 aromatic rings. The van der Waals surface area contributed by atoms with Crippen LogP contribution in [0.1, 0.15) is 11.1 Å². The molecule has 3 rings (SSSR count). The van der Waals surface area contributed by atoms with Crippen LogP contribution in [0.2, 0.25) is 0 Å². The van der Waals surface area contributed by atoms with Gasteiger partial charge in [-0.15, -0.1) is 0 Å². The number of nitrogens with zero attached hydrogens (tertiary/aromatic N) is 2. The fourth-order valence-corrected chi connectivity index (χ4v) is 2.38. The van der Waals surface area contributed by atoms with Gasteiger partial charge in [-0.1, -0.05) is 17.8 Å². The zero-order valence-corrected chi connectivity index (χ0v) is 11.1. The van der Waals surface area contributed by atoms with Crippen molar-refractivity contribution in [3.05, 3.63) is 52.2 Å². The van der Waals surface area contributed by atoms with Gasteiger partial charge in [0.05, 0.1) is 0 Å². The number of hydrogen-bond donors (Lipinski definition) is 2. The lowest BCUT2D eigenvalue weighted by Gasteiger charge is -2.00. The van der Waals surface area contributed by atoms with E-state index in [-0.39, 0.29) is 5.56 Å². The van der Waals surface area contributed by atoms with Crippen molar-refractivity contribution < 1.29 is 0 Å². The van der Waals surface area contributed by atoms with Crippen molar-refractivity contribution in [1.82, 2.24) is 19.9 Å². The summed E-state index contributed by atoms with van der Waals surface area (Å²) in [5, 5.41) is 0.629. The Morgan fingerprint density at radius 2 is 2.37 bits per heavy atom. The summed E-state index contributed by atoms with van der Waals surface area (Å²) in [4.78, 5) is 26.2. The van der Waals surface area contributed by atoms with Crippen molar-refractivity contribution >= 4 is 22.8 Å². The average molecular weight is 274 g/mol. The van der Waals surface area contributed by atoms with Gasteiger partial charge < -0.3 is 4.98 Å². The monoisotopic (exact) mass is 274 g/mol. The summed E-state index contributed by atoms with van der Waals surface area (Å²) in [5.74, 6) is 0. The molecule has 19 heavy (non-hydrogen) atoms. The Morgan fingerprint density at radius 1 is 1.47 bits per heavy atom. The smallest absolute Gasteiger partial charge is 0.275 e. The first-order valence-electron chi connectivity index (χ1n) is 5.81. The summed E-state index contributed by atoms with van der Waals surface area (Å²) in [6.45, 7) is 0. The largest absolute Gasteiger partial charge is 0.355 e. The van der Waals surface area contributed by atoms with Crippen molar-refractivity contribution in [2.75, 3.05) is 6.26 Å². The summed E-state index contributed by atoms with van der Waals surface area (Å²) in [6.07, 6.45) is 7.99. The number of nitrogens with one attached hydrogen (secondary N) is 2. The molecule has 0 fully saturated rings. The molecule has 3 heterocycles. The van der Waals surface area contributed by atoms with Crippen molar-refractivity contribution in [2.24, 2.45) is 0 Å². The van der Waals surface area contributed by atoms with Gasteiger partial charge in [-0.25, -0.2) is 4.98 Å². The molecule has 3 aromatic heterocycles. The van der Waals surface area contributed by atoms with E-state index in [1.165, 1.54) is 11.8 Å². The lowest BCUT2D eigenvalue weighted by Crippen LogP contribution is -2.08. The first kappa shape index (κ1) is 12.0. The molecule has 0 amide bonds. The first-order valence-corrected chi connectivity index (χ1v) is 7.03. The molecule has 0 aromatic carbocycles. The molecular formula is C13H12N4OS. The number of rotatable bonds is 3. The lowest BCUT2D eigenvalue weighted by atomic mass is 10.1. The zero-order chi connectivity index (χ0) is 13.2. The molecule has 0 spiro atoms. The fourth-order valence-electron chi connectivity index (χ4n) is 2.00. The number of H-pyrrole nitrogens is 2. The summed E-state index contributed by atoms with van der Waals surface area (Å²) in [7, 11) is 0. The van der Waals surface area contributed by atoms with Crippen LogP contribution in [0.4, 0.5) is 0 Å². The molecular weight excluding hydrogens is 262 g/mol. The normalized spacial score (nSPS) is 11.0. The fraction of sp³-hybridized carbons (Fsp3) is 0.154. The van der Waals surface area contributed by atoms with Crippen LogP contribution in [0.25, 0.3) is 11.0 Å². The molecule has 0 aliphatic heterocycles. The van der Waals surface area contributed by atoms with Crippen LogP contribution in [0.3, 0.4) is 0 Å². The molecule has 0 saturated heterocycles. The first-order chi connectivity index (χ1) is 9.28. The SMILES string of the molecule is CS[14c]1nc2c(Cc3cccnc3)c[nH]c2c(=O)[nH]1. The van der Waals surface area contributed by atoms with Crippen LogP contribution < -0.4 is 5.56 Å². The average Bonchev–Trinajstić information content (AvgIpc) is 2.83. The van der Waals surface area contributed by atoms with E-state index >= 15 is 0 Å². The molecule has 0 unspecified atom stereocenters. The minimum atomic E-state index is -0.133. The maximum absolute atomic E-state index is 11.9. The summed E-state index contributed by atoms with van der Waals surface area (Å²) in [6, 6.07) is 3.91. The highest BCUT2D eigenvalue weighted by Crippen LogP contribution is 2.18. The van der Waals surface area contributed by atoms with Crippen molar-refractivity contribution in [3.8, 4) is 0 Å². The quantitative estimate of drug-likeness (QED) is 0.565. The summed E-state index contributed by atoms with van der Waals surface area (Å²) in [5.41, 5.74) is 3.22. The number of fused-ring (bicyclic) bond motifs is 1. The highest BCUT2D eigenvalue weighted by atomic mass is 32.2. The lowest BCUT2D eigenvalue weighted by molar-refractivity contribution is 0.971. The van der Waals surface area contributed by atoms with Gasteiger partial charge in [0, 0.05) is 30.6 Å². The van der Waals surface area contributed by atoms with Gasteiger partial charge in [-0.05, 0) is 17.9 Å². The van der Waals surface area contributed by atoms with Gasteiger partial charge in [0.1, 0.15) is 11.0 Å². The molecule has 6 heteroatoms. The second kappa shape index (κ2) is 4.89. The third-order valence-electron chi connectivity index (χ3n) is 2.90. The van der Waals surface area contributed by atoms with Gasteiger partial charge in [0.2, 0.25) is 0 Å². The Bertz CT molecular complexity index is 763. The van der Waals surface area contributed by atoms with Crippen LogP contribution in [0, 0.1) is 0 Å². The van der Waals surface area contributed by atoms with Crippen LogP contribution >= 0.6 is 11.8 Å². The van der Waals surface area contributed by atoms with Gasteiger partial charge in [-0.3, -0.25) is 14.8 Å². The highest BCUT2D eigenvalue weighted by molar-refractivity contribution is 7.98. The molecule has 0 aliphatic carbocycles. The third kappa shape index (κ3) is 2.26. The topological polar surface area (TPSA) is 74.4 Å². The predicted molar refractivity (Wildman–Crippen MR) is 75.5 cm³/mol. The van der Waals surface area contributed by atoms with Crippen LogP contribution in [0.5, 0.6) is 0 Å². The van der Waals surface area contributed by atoms with Gasteiger partial charge >= 0.3 is 0 Å². The second-order valence-electron chi connectivity index (χ2n) is 4.15. The number of pyridine rings is 1. The maximum Gasteiger partial charge on any atom is 0.275 e. The number of thioether (sulfide) groups is 1. The molecule has 0 atom stereocenters. The number of aromatic amines is 2. The van der Waals surface area contributed by atoms with Gasteiger partial charge in [0.25, 0.3) is 5.56 Å². The molecule has 5 nitrogen and oxygen atoms in total. The maximum atomic E-state index is 11.9. The zero-order valence-electron chi connectivity index (χ0n) is 10.3. The Hall–Kier alpha value is -2.08. The minimum absolute atomic E-state index is 0.133. The van der Waals surface area contributed by atoms with Gasteiger partial charge in [-0.2, -0.15) is 0 Å². The van der Waals surface area contributed by atoms with Crippen LogP contribution in [-0.2, 0) is 6.42 Å². The van der Waals surface area contributed by atoms with E-state index in [0.717, 1.165) is 16.6 Å². The van der Waals surface area contributed by atoms with Crippen molar-refractivity contribution in [2.45, 2.75) is 11.6 Å². The predicted octanol–water partition coefficient (Wildman–Crippen LogP) is 1.96. The van der Waals surface area contributed by atoms with E-state index in [1.807, 2.05) is 30.8 Å². The van der Waals surface area contributed by atoms with Gasteiger partial charge in [0.15, 0.2) is 5.16 Å². The Kier molecular flexibility index (Phi) is 3.08.